The Bertz CT molecular complexity index is 336. The van der Waals surface area contributed by atoms with Gasteiger partial charge >= 0.3 is 0 Å². The maximum Gasteiger partial charge on any atom is 0.178 e. The lowest BCUT2D eigenvalue weighted by Gasteiger charge is -2.10. The predicted molar refractivity (Wildman–Crippen MR) is 61.1 cm³/mol. The van der Waals surface area contributed by atoms with Crippen molar-refractivity contribution >= 4 is 5.78 Å². The van der Waals surface area contributed by atoms with E-state index >= 15 is 0 Å². The van der Waals surface area contributed by atoms with E-state index < -0.39 is 0 Å². The van der Waals surface area contributed by atoms with Crippen molar-refractivity contribution in [3.63, 3.8) is 0 Å². The summed E-state index contributed by atoms with van der Waals surface area (Å²) in [5.41, 5.74) is 1.70. The quantitative estimate of drug-likeness (QED) is 0.749. The summed E-state index contributed by atoms with van der Waals surface area (Å²) in [6.45, 7) is 6.49. The molecule has 0 saturated heterocycles. The van der Waals surface area contributed by atoms with Gasteiger partial charge in [0.1, 0.15) is 0 Å². The standard InChI is InChI=1S/C12H18N2O/c1-4-10(3)14-8-12(15)11-5-9(2)6-13-7-11/h5-7,10,14H,4,8H2,1-3H3. The summed E-state index contributed by atoms with van der Waals surface area (Å²) in [6.07, 6.45) is 4.39. The van der Waals surface area contributed by atoms with Gasteiger partial charge in [0, 0.05) is 24.0 Å². The molecule has 3 nitrogen and oxygen atoms in total. The van der Waals surface area contributed by atoms with E-state index in [9.17, 15) is 4.79 Å². The van der Waals surface area contributed by atoms with Gasteiger partial charge in [0.2, 0.25) is 0 Å². The predicted octanol–water partition coefficient (Wildman–Crippen LogP) is 1.96. The van der Waals surface area contributed by atoms with E-state index in [1.54, 1.807) is 12.4 Å². The Labute approximate surface area is 90.9 Å². The molecule has 82 valence electrons. The highest BCUT2D eigenvalue weighted by Crippen LogP contribution is 2.02. The third-order valence-corrected chi connectivity index (χ3v) is 2.42. The van der Waals surface area contributed by atoms with Gasteiger partial charge in [0.15, 0.2) is 5.78 Å². The van der Waals surface area contributed by atoms with E-state index in [1.807, 2.05) is 13.0 Å². The molecule has 0 saturated carbocycles. The number of aryl methyl sites for hydroxylation is 1. The number of nitrogens with zero attached hydrogens (tertiary/aromatic N) is 1. The zero-order chi connectivity index (χ0) is 11.3. The van der Waals surface area contributed by atoms with E-state index in [0.717, 1.165) is 12.0 Å². The van der Waals surface area contributed by atoms with Crippen molar-refractivity contribution in [1.29, 1.82) is 0 Å². The second-order valence-electron chi connectivity index (χ2n) is 3.86. The zero-order valence-corrected chi connectivity index (χ0v) is 9.58. The molecule has 0 bridgehead atoms. The fourth-order valence-electron chi connectivity index (χ4n) is 1.22. The number of rotatable bonds is 5. The number of hydrogen-bond donors (Lipinski definition) is 1. The first kappa shape index (κ1) is 11.9. The van der Waals surface area contributed by atoms with Crippen LogP contribution in [0.4, 0.5) is 0 Å². The third kappa shape index (κ3) is 3.80. The highest BCUT2D eigenvalue weighted by atomic mass is 16.1. The molecule has 0 spiro atoms. The first-order valence-corrected chi connectivity index (χ1v) is 5.31. The minimum Gasteiger partial charge on any atom is -0.307 e. The van der Waals surface area contributed by atoms with Crippen LogP contribution in [0.15, 0.2) is 18.5 Å². The molecule has 0 fully saturated rings. The Hall–Kier alpha value is -1.22. The summed E-state index contributed by atoms with van der Waals surface area (Å²) in [5, 5.41) is 3.17. The number of ketones is 1. The van der Waals surface area contributed by atoms with Gasteiger partial charge < -0.3 is 5.32 Å². The van der Waals surface area contributed by atoms with Gasteiger partial charge in [-0.3, -0.25) is 9.78 Å². The van der Waals surface area contributed by atoms with Crippen LogP contribution in [0.5, 0.6) is 0 Å². The summed E-state index contributed by atoms with van der Waals surface area (Å²) in [5.74, 6) is 0.103. The van der Waals surface area contributed by atoms with Crippen molar-refractivity contribution in [1.82, 2.24) is 10.3 Å². The molecular formula is C12H18N2O. The lowest BCUT2D eigenvalue weighted by Crippen LogP contribution is -2.30. The molecule has 0 aliphatic rings. The van der Waals surface area contributed by atoms with Crippen molar-refractivity contribution in [2.45, 2.75) is 33.2 Å². The maximum absolute atomic E-state index is 11.7. The largest absolute Gasteiger partial charge is 0.307 e. The normalized spacial score (nSPS) is 12.5. The molecule has 1 rings (SSSR count). The van der Waals surface area contributed by atoms with Gasteiger partial charge in [-0.05, 0) is 31.9 Å². The maximum atomic E-state index is 11.7. The fraction of sp³-hybridized carbons (Fsp3) is 0.500. The number of nitrogens with one attached hydrogen (secondary N) is 1. The number of Topliss-reactive ketones (excluding diaryl/α,β-unsaturated/α-hetero) is 1. The van der Waals surface area contributed by atoms with Crippen LogP contribution in [0.25, 0.3) is 0 Å². The average Bonchev–Trinajstić information content (AvgIpc) is 2.25. The Morgan fingerprint density at radius 1 is 1.53 bits per heavy atom. The molecule has 1 aromatic rings. The summed E-state index contributed by atoms with van der Waals surface area (Å²) in [4.78, 5) is 15.7. The minimum absolute atomic E-state index is 0.103. The number of pyridine rings is 1. The summed E-state index contributed by atoms with van der Waals surface area (Å²) < 4.78 is 0. The minimum atomic E-state index is 0.103. The number of hydrogen-bond acceptors (Lipinski definition) is 3. The number of aromatic nitrogens is 1. The average molecular weight is 206 g/mol. The monoisotopic (exact) mass is 206 g/mol. The van der Waals surface area contributed by atoms with Crippen molar-refractivity contribution < 1.29 is 4.79 Å². The smallest absolute Gasteiger partial charge is 0.178 e. The molecule has 0 aliphatic carbocycles. The van der Waals surface area contributed by atoms with Gasteiger partial charge in [-0.1, -0.05) is 6.92 Å². The van der Waals surface area contributed by atoms with Crippen molar-refractivity contribution in [2.24, 2.45) is 0 Å². The van der Waals surface area contributed by atoms with Gasteiger partial charge in [-0.2, -0.15) is 0 Å². The molecule has 0 amide bonds. The first-order chi connectivity index (χ1) is 7.13. The molecule has 1 N–H and O–H groups in total. The van der Waals surface area contributed by atoms with Gasteiger partial charge in [0.05, 0.1) is 6.54 Å². The van der Waals surface area contributed by atoms with Crippen LogP contribution in [0, 0.1) is 6.92 Å². The zero-order valence-electron chi connectivity index (χ0n) is 9.58. The summed E-state index contributed by atoms with van der Waals surface area (Å²) in [6, 6.07) is 2.25. The second kappa shape index (κ2) is 5.61. The molecular weight excluding hydrogens is 188 g/mol. The molecule has 1 atom stereocenters. The SMILES string of the molecule is CCC(C)NCC(=O)c1cncc(C)c1. The van der Waals surface area contributed by atoms with Crippen LogP contribution < -0.4 is 5.32 Å². The van der Waals surface area contributed by atoms with Crippen LogP contribution >= 0.6 is 0 Å². The Kier molecular flexibility index (Phi) is 4.43. The van der Waals surface area contributed by atoms with E-state index in [0.29, 0.717) is 18.2 Å². The summed E-state index contributed by atoms with van der Waals surface area (Å²) in [7, 11) is 0. The second-order valence-corrected chi connectivity index (χ2v) is 3.86. The van der Waals surface area contributed by atoms with Crippen LogP contribution in [0.2, 0.25) is 0 Å². The van der Waals surface area contributed by atoms with Gasteiger partial charge in [-0.15, -0.1) is 0 Å². The van der Waals surface area contributed by atoms with Crippen LogP contribution in [0.1, 0.15) is 36.2 Å². The molecule has 0 radical (unpaired) electrons. The van der Waals surface area contributed by atoms with Crippen LogP contribution in [-0.4, -0.2) is 23.4 Å². The van der Waals surface area contributed by atoms with Crippen LogP contribution in [0.3, 0.4) is 0 Å². The molecule has 1 unspecified atom stereocenters. The molecule has 1 heterocycles. The molecule has 15 heavy (non-hydrogen) atoms. The van der Waals surface area contributed by atoms with E-state index in [4.69, 9.17) is 0 Å². The number of carbonyl (C=O) groups is 1. The van der Waals surface area contributed by atoms with E-state index in [1.165, 1.54) is 0 Å². The lowest BCUT2D eigenvalue weighted by molar-refractivity contribution is 0.0987. The summed E-state index contributed by atoms with van der Waals surface area (Å²) >= 11 is 0. The molecule has 3 heteroatoms. The fourth-order valence-corrected chi connectivity index (χ4v) is 1.22. The number of carbonyl (C=O) groups excluding carboxylic acids is 1. The van der Waals surface area contributed by atoms with E-state index in [-0.39, 0.29) is 5.78 Å². The van der Waals surface area contributed by atoms with Crippen molar-refractivity contribution in [3.05, 3.63) is 29.6 Å². The van der Waals surface area contributed by atoms with Gasteiger partial charge in [0.25, 0.3) is 0 Å². The Morgan fingerprint density at radius 3 is 2.87 bits per heavy atom. The van der Waals surface area contributed by atoms with Crippen molar-refractivity contribution in [2.75, 3.05) is 6.54 Å². The molecule has 1 aromatic heterocycles. The van der Waals surface area contributed by atoms with Crippen molar-refractivity contribution in [3.8, 4) is 0 Å². The third-order valence-electron chi connectivity index (χ3n) is 2.42. The topological polar surface area (TPSA) is 42.0 Å². The molecule has 0 aromatic carbocycles. The Morgan fingerprint density at radius 2 is 2.27 bits per heavy atom. The first-order valence-electron chi connectivity index (χ1n) is 5.31. The Balaban J connectivity index is 2.54. The van der Waals surface area contributed by atoms with Crippen LogP contribution in [-0.2, 0) is 0 Å². The molecule has 0 aliphatic heterocycles. The highest BCUT2D eigenvalue weighted by Gasteiger charge is 2.07. The lowest BCUT2D eigenvalue weighted by atomic mass is 10.1. The van der Waals surface area contributed by atoms with E-state index in [2.05, 4.69) is 24.1 Å². The van der Waals surface area contributed by atoms with Gasteiger partial charge in [-0.25, -0.2) is 0 Å². The highest BCUT2D eigenvalue weighted by molar-refractivity contribution is 5.97.